The zero-order chi connectivity index (χ0) is 15.4. The van der Waals surface area contributed by atoms with Crippen LogP contribution in [-0.4, -0.2) is 18.6 Å². The van der Waals surface area contributed by atoms with Crippen molar-refractivity contribution in [2.24, 2.45) is 0 Å². The van der Waals surface area contributed by atoms with Crippen molar-refractivity contribution < 1.29 is 14.4 Å². The lowest BCUT2D eigenvalue weighted by Gasteiger charge is -2.28. The van der Waals surface area contributed by atoms with Gasteiger partial charge in [-0.1, -0.05) is 67.6 Å². The minimum Gasteiger partial charge on any atom is -0.463 e. The summed E-state index contributed by atoms with van der Waals surface area (Å²) in [5, 5.41) is 0. The van der Waals surface area contributed by atoms with Crippen LogP contribution in [0.3, 0.4) is 0 Å². The third-order valence-electron chi connectivity index (χ3n) is 4.10. The number of carbonyl (C=O) groups excluding carboxylic acids is 1. The molecular weight excluding hydrogens is 278 g/mol. The number of carbonyl (C=O) groups is 1. The van der Waals surface area contributed by atoms with Crippen molar-refractivity contribution in [3.05, 3.63) is 71.8 Å². The second-order valence-corrected chi connectivity index (χ2v) is 5.72. The van der Waals surface area contributed by atoms with Crippen LogP contribution in [0.5, 0.6) is 0 Å². The number of benzene rings is 2. The Balaban J connectivity index is 1.69. The van der Waals surface area contributed by atoms with E-state index in [0.717, 1.165) is 11.1 Å². The van der Waals surface area contributed by atoms with Gasteiger partial charge in [-0.15, -0.1) is 0 Å². The minimum atomic E-state index is -0.515. The van der Waals surface area contributed by atoms with Gasteiger partial charge in [0.15, 0.2) is 0 Å². The molecule has 0 aliphatic carbocycles. The third-order valence-corrected chi connectivity index (χ3v) is 4.10. The van der Waals surface area contributed by atoms with E-state index in [1.54, 1.807) is 0 Å². The Bertz CT molecular complexity index is 629. The van der Waals surface area contributed by atoms with E-state index in [1.165, 1.54) is 0 Å². The van der Waals surface area contributed by atoms with E-state index >= 15 is 0 Å². The predicted octanol–water partition coefficient (Wildman–Crippen LogP) is 2.59. The molecule has 4 heteroatoms. The standard InChI is InChI=1S/C18H19NO3/c1-18(15-10-6-3-7-11-15)13-21-17(20)16(18)19-22-12-14-8-4-2-5-9-14/h2-11,16,19H,12-13H2,1H3/t16-,18+/m0/s1. The summed E-state index contributed by atoms with van der Waals surface area (Å²) in [5.74, 6) is -0.278. The van der Waals surface area contributed by atoms with Crippen LogP contribution in [0.4, 0.5) is 0 Å². The Kier molecular flexibility index (Phi) is 4.22. The van der Waals surface area contributed by atoms with Crippen LogP contribution in [0.1, 0.15) is 18.1 Å². The highest BCUT2D eigenvalue weighted by molar-refractivity contribution is 5.80. The molecule has 0 bridgehead atoms. The van der Waals surface area contributed by atoms with E-state index in [2.05, 4.69) is 5.48 Å². The summed E-state index contributed by atoms with van der Waals surface area (Å²) in [6, 6.07) is 19.2. The molecule has 1 heterocycles. The van der Waals surface area contributed by atoms with Crippen LogP contribution < -0.4 is 5.48 Å². The van der Waals surface area contributed by atoms with Crippen LogP contribution in [0.25, 0.3) is 0 Å². The molecule has 2 aromatic carbocycles. The van der Waals surface area contributed by atoms with Gasteiger partial charge in [0.2, 0.25) is 0 Å². The molecule has 0 unspecified atom stereocenters. The quantitative estimate of drug-likeness (QED) is 0.681. The molecule has 114 valence electrons. The topological polar surface area (TPSA) is 47.6 Å². The Morgan fingerprint density at radius 2 is 1.77 bits per heavy atom. The number of ether oxygens (including phenoxy) is 1. The Labute approximate surface area is 130 Å². The SMILES string of the molecule is C[C@]1(c2ccccc2)COC(=O)[C@@H]1NOCc1ccccc1. The molecule has 1 N–H and O–H groups in total. The maximum absolute atomic E-state index is 12.0. The first kappa shape index (κ1) is 14.8. The van der Waals surface area contributed by atoms with Gasteiger partial charge < -0.3 is 4.74 Å². The highest BCUT2D eigenvalue weighted by Crippen LogP contribution is 2.33. The molecule has 0 radical (unpaired) electrons. The van der Waals surface area contributed by atoms with E-state index in [-0.39, 0.29) is 5.97 Å². The molecule has 1 aliphatic rings. The van der Waals surface area contributed by atoms with Crippen molar-refractivity contribution in [2.45, 2.75) is 25.0 Å². The van der Waals surface area contributed by atoms with Crippen LogP contribution in [0.15, 0.2) is 60.7 Å². The number of hydrogen-bond donors (Lipinski definition) is 1. The zero-order valence-corrected chi connectivity index (χ0v) is 12.5. The fourth-order valence-corrected chi connectivity index (χ4v) is 2.68. The molecule has 1 fully saturated rings. The molecule has 3 rings (SSSR count). The van der Waals surface area contributed by atoms with Crippen LogP contribution in [0, 0.1) is 0 Å². The summed E-state index contributed by atoms with van der Waals surface area (Å²) in [6.45, 7) is 2.76. The van der Waals surface area contributed by atoms with E-state index in [1.807, 2.05) is 67.6 Å². The van der Waals surface area contributed by atoms with Gasteiger partial charge in [-0.2, -0.15) is 5.48 Å². The molecule has 2 atom stereocenters. The normalized spacial score (nSPS) is 24.2. The van der Waals surface area contributed by atoms with Crippen molar-refractivity contribution in [3.63, 3.8) is 0 Å². The van der Waals surface area contributed by atoms with Gasteiger partial charge in [0.1, 0.15) is 12.6 Å². The van der Waals surface area contributed by atoms with Crippen molar-refractivity contribution in [3.8, 4) is 0 Å². The molecule has 0 spiro atoms. The van der Waals surface area contributed by atoms with Crippen LogP contribution >= 0.6 is 0 Å². The summed E-state index contributed by atoms with van der Waals surface area (Å²) < 4.78 is 5.26. The van der Waals surface area contributed by atoms with Gasteiger partial charge in [0, 0.05) is 0 Å². The maximum Gasteiger partial charge on any atom is 0.326 e. The summed E-state index contributed by atoms with van der Waals surface area (Å²) in [6.07, 6.45) is 0. The van der Waals surface area contributed by atoms with Crippen LogP contribution in [0.2, 0.25) is 0 Å². The molecular formula is C18H19NO3. The van der Waals surface area contributed by atoms with E-state index < -0.39 is 11.5 Å². The first-order valence-electron chi connectivity index (χ1n) is 7.33. The molecule has 1 aliphatic heterocycles. The van der Waals surface area contributed by atoms with Gasteiger partial charge in [-0.25, -0.2) is 0 Å². The van der Waals surface area contributed by atoms with Crippen molar-refractivity contribution in [1.82, 2.24) is 5.48 Å². The zero-order valence-electron chi connectivity index (χ0n) is 12.5. The number of hydroxylamine groups is 1. The predicted molar refractivity (Wildman–Crippen MR) is 82.9 cm³/mol. The highest BCUT2D eigenvalue weighted by atomic mass is 16.7. The maximum atomic E-state index is 12.0. The van der Waals surface area contributed by atoms with E-state index in [0.29, 0.717) is 13.2 Å². The second kappa shape index (κ2) is 6.30. The lowest BCUT2D eigenvalue weighted by atomic mass is 9.78. The smallest absolute Gasteiger partial charge is 0.326 e. The lowest BCUT2D eigenvalue weighted by Crippen LogP contribution is -2.47. The van der Waals surface area contributed by atoms with E-state index in [9.17, 15) is 4.79 Å². The fourth-order valence-electron chi connectivity index (χ4n) is 2.68. The summed E-state index contributed by atoms with van der Waals surface area (Å²) in [4.78, 5) is 17.6. The Morgan fingerprint density at radius 1 is 1.14 bits per heavy atom. The van der Waals surface area contributed by atoms with Gasteiger partial charge in [-0.3, -0.25) is 9.63 Å². The summed E-state index contributed by atoms with van der Waals surface area (Å²) in [5.41, 5.74) is 4.56. The summed E-state index contributed by atoms with van der Waals surface area (Å²) in [7, 11) is 0. The average molecular weight is 297 g/mol. The van der Waals surface area contributed by atoms with Crippen molar-refractivity contribution in [2.75, 3.05) is 6.61 Å². The number of rotatable bonds is 5. The number of esters is 1. The van der Waals surface area contributed by atoms with Gasteiger partial charge in [0.25, 0.3) is 0 Å². The first-order chi connectivity index (χ1) is 10.7. The lowest BCUT2D eigenvalue weighted by molar-refractivity contribution is -0.143. The van der Waals surface area contributed by atoms with Crippen molar-refractivity contribution in [1.29, 1.82) is 0 Å². The molecule has 0 aromatic heterocycles. The Hall–Kier alpha value is -2.17. The number of hydrogen-bond acceptors (Lipinski definition) is 4. The highest BCUT2D eigenvalue weighted by Gasteiger charge is 2.48. The molecule has 1 saturated heterocycles. The molecule has 0 amide bonds. The van der Waals surface area contributed by atoms with Gasteiger partial charge >= 0.3 is 5.97 Å². The number of cyclic esters (lactones) is 1. The Morgan fingerprint density at radius 3 is 2.45 bits per heavy atom. The third kappa shape index (κ3) is 2.89. The average Bonchev–Trinajstić information content (AvgIpc) is 2.86. The van der Waals surface area contributed by atoms with Crippen LogP contribution in [-0.2, 0) is 26.4 Å². The minimum absolute atomic E-state index is 0.278. The van der Waals surface area contributed by atoms with Gasteiger partial charge in [-0.05, 0) is 11.1 Å². The molecule has 22 heavy (non-hydrogen) atoms. The largest absolute Gasteiger partial charge is 0.463 e. The van der Waals surface area contributed by atoms with Gasteiger partial charge in [0.05, 0.1) is 12.0 Å². The fraction of sp³-hybridized carbons (Fsp3) is 0.278. The van der Waals surface area contributed by atoms with E-state index in [4.69, 9.17) is 9.57 Å². The molecule has 4 nitrogen and oxygen atoms in total. The molecule has 2 aromatic rings. The summed E-state index contributed by atoms with van der Waals surface area (Å²) >= 11 is 0. The number of nitrogens with one attached hydrogen (secondary N) is 1. The molecule has 0 saturated carbocycles. The second-order valence-electron chi connectivity index (χ2n) is 5.72. The monoisotopic (exact) mass is 297 g/mol. The van der Waals surface area contributed by atoms with Crippen molar-refractivity contribution >= 4 is 5.97 Å². The first-order valence-corrected chi connectivity index (χ1v) is 7.33.